The maximum atomic E-state index is 12.1. The SMILES string of the molecule is CC(=O)CC1c2cc3c(cc2C=C2c4cc5c(cc4CCN21)OCO5)OCO3. The number of fused-ring (bicyclic) bond motifs is 6. The van der Waals surface area contributed by atoms with E-state index in [1.807, 2.05) is 12.1 Å². The first-order chi connectivity index (χ1) is 13.7. The van der Waals surface area contributed by atoms with Crippen LogP contribution in [0.4, 0.5) is 0 Å². The van der Waals surface area contributed by atoms with Gasteiger partial charge in [-0.1, -0.05) is 0 Å². The second-order valence-corrected chi connectivity index (χ2v) is 7.59. The number of benzene rings is 2. The van der Waals surface area contributed by atoms with Crippen LogP contribution in [0.2, 0.25) is 0 Å². The lowest BCUT2D eigenvalue weighted by Gasteiger charge is -2.42. The van der Waals surface area contributed by atoms with Gasteiger partial charge < -0.3 is 23.8 Å². The van der Waals surface area contributed by atoms with Crippen molar-refractivity contribution in [3.63, 3.8) is 0 Å². The van der Waals surface area contributed by atoms with Crippen LogP contribution in [0.15, 0.2) is 24.3 Å². The zero-order valence-corrected chi connectivity index (χ0v) is 15.5. The molecule has 0 N–H and O–H groups in total. The molecule has 2 aromatic carbocycles. The van der Waals surface area contributed by atoms with Crippen molar-refractivity contribution >= 4 is 17.6 Å². The van der Waals surface area contributed by atoms with Gasteiger partial charge in [0.1, 0.15) is 5.78 Å². The number of ketones is 1. The quantitative estimate of drug-likeness (QED) is 0.798. The van der Waals surface area contributed by atoms with E-state index in [2.05, 4.69) is 23.1 Å². The lowest BCUT2D eigenvalue weighted by atomic mass is 9.85. The van der Waals surface area contributed by atoms with Gasteiger partial charge in [0.2, 0.25) is 13.6 Å². The van der Waals surface area contributed by atoms with Crippen LogP contribution in [-0.4, -0.2) is 30.8 Å². The first-order valence-electron chi connectivity index (χ1n) is 9.51. The van der Waals surface area contributed by atoms with Crippen LogP contribution in [0.1, 0.15) is 41.6 Å². The lowest BCUT2D eigenvalue weighted by Crippen LogP contribution is -2.36. The summed E-state index contributed by atoms with van der Waals surface area (Å²) in [4.78, 5) is 14.4. The van der Waals surface area contributed by atoms with Gasteiger partial charge in [-0.2, -0.15) is 0 Å². The summed E-state index contributed by atoms with van der Waals surface area (Å²) in [7, 11) is 0. The van der Waals surface area contributed by atoms with Gasteiger partial charge in [0, 0.05) is 24.2 Å². The molecule has 4 heterocycles. The lowest BCUT2D eigenvalue weighted by molar-refractivity contribution is -0.118. The molecule has 0 aliphatic carbocycles. The number of hydrogen-bond acceptors (Lipinski definition) is 6. The summed E-state index contributed by atoms with van der Waals surface area (Å²) in [5.74, 6) is 3.28. The van der Waals surface area contributed by atoms with Crippen molar-refractivity contribution in [3.05, 3.63) is 46.5 Å². The highest BCUT2D eigenvalue weighted by atomic mass is 16.7. The van der Waals surface area contributed by atoms with E-state index in [4.69, 9.17) is 18.9 Å². The number of ether oxygens (including phenoxy) is 4. The van der Waals surface area contributed by atoms with Crippen molar-refractivity contribution in [3.8, 4) is 23.0 Å². The van der Waals surface area contributed by atoms with Gasteiger partial charge in [-0.25, -0.2) is 0 Å². The molecule has 2 aromatic rings. The van der Waals surface area contributed by atoms with E-state index in [-0.39, 0.29) is 25.4 Å². The Morgan fingerprint density at radius 3 is 2.43 bits per heavy atom. The summed E-state index contributed by atoms with van der Waals surface area (Å²) < 4.78 is 22.3. The zero-order chi connectivity index (χ0) is 18.8. The Morgan fingerprint density at radius 1 is 1.00 bits per heavy atom. The van der Waals surface area contributed by atoms with Crippen molar-refractivity contribution in [1.82, 2.24) is 4.90 Å². The second kappa shape index (κ2) is 5.67. The molecule has 4 aliphatic rings. The predicted octanol–water partition coefficient (Wildman–Crippen LogP) is 3.53. The highest BCUT2D eigenvalue weighted by Gasteiger charge is 2.36. The standard InChI is InChI=1S/C22H19NO5/c1-12(24)4-17-16-9-22-20(26-11-28-22)7-14(16)5-18-15-8-21-19(25-10-27-21)6-13(15)2-3-23(17)18/h5-9,17H,2-4,10-11H2,1H3. The molecule has 1 atom stereocenters. The molecule has 0 bridgehead atoms. The Hall–Kier alpha value is -3.15. The summed E-state index contributed by atoms with van der Waals surface area (Å²) in [6, 6.07) is 8.20. The minimum Gasteiger partial charge on any atom is -0.454 e. The third-order valence-corrected chi connectivity index (χ3v) is 5.89. The third-order valence-electron chi connectivity index (χ3n) is 5.89. The fourth-order valence-corrected chi connectivity index (χ4v) is 4.62. The van der Waals surface area contributed by atoms with Gasteiger partial charge >= 0.3 is 0 Å². The van der Waals surface area contributed by atoms with Crippen LogP contribution in [-0.2, 0) is 11.2 Å². The summed E-state index contributed by atoms with van der Waals surface area (Å²) in [6.45, 7) is 3.01. The summed E-state index contributed by atoms with van der Waals surface area (Å²) >= 11 is 0. The first-order valence-corrected chi connectivity index (χ1v) is 9.51. The Labute approximate surface area is 162 Å². The molecule has 1 unspecified atom stereocenters. The molecule has 0 saturated heterocycles. The Bertz CT molecular complexity index is 1060. The van der Waals surface area contributed by atoms with E-state index in [1.165, 1.54) is 5.56 Å². The zero-order valence-electron chi connectivity index (χ0n) is 15.5. The van der Waals surface area contributed by atoms with Crippen molar-refractivity contribution in [1.29, 1.82) is 0 Å². The average Bonchev–Trinajstić information content (AvgIpc) is 3.32. The largest absolute Gasteiger partial charge is 0.454 e. The summed E-state index contributed by atoms with van der Waals surface area (Å²) in [5, 5.41) is 0. The molecule has 0 saturated carbocycles. The van der Waals surface area contributed by atoms with Crippen LogP contribution in [0.5, 0.6) is 23.0 Å². The van der Waals surface area contributed by atoms with E-state index in [0.29, 0.717) is 6.42 Å². The van der Waals surface area contributed by atoms with Gasteiger partial charge in [-0.15, -0.1) is 0 Å². The molecule has 0 amide bonds. The average molecular weight is 377 g/mol. The number of rotatable bonds is 2. The van der Waals surface area contributed by atoms with E-state index in [0.717, 1.165) is 58.4 Å². The van der Waals surface area contributed by atoms with Crippen molar-refractivity contribution < 1.29 is 23.7 Å². The molecule has 0 spiro atoms. The van der Waals surface area contributed by atoms with Gasteiger partial charge in [0.05, 0.1) is 6.04 Å². The van der Waals surface area contributed by atoms with Gasteiger partial charge in [-0.05, 0) is 60.4 Å². The predicted molar refractivity (Wildman–Crippen MR) is 101 cm³/mol. The topological polar surface area (TPSA) is 57.2 Å². The Morgan fingerprint density at radius 2 is 1.68 bits per heavy atom. The number of Topliss-reactive ketones (excluding diaryl/α,β-unsaturated/α-hetero) is 1. The highest BCUT2D eigenvalue weighted by molar-refractivity contribution is 5.88. The Balaban J connectivity index is 1.54. The van der Waals surface area contributed by atoms with Crippen LogP contribution in [0.25, 0.3) is 11.8 Å². The molecule has 6 rings (SSSR count). The summed E-state index contributed by atoms with van der Waals surface area (Å²) in [6.07, 6.45) is 3.55. The molecule has 0 aromatic heterocycles. The van der Waals surface area contributed by atoms with Crippen molar-refractivity contribution in [2.45, 2.75) is 25.8 Å². The smallest absolute Gasteiger partial charge is 0.231 e. The molecule has 0 fully saturated rings. The molecule has 0 radical (unpaired) electrons. The summed E-state index contributed by atoms with van der Waals surface area (Å²) in [5.41, 5.74) is 5.71. The second-order valence-electron chi connectivity index (χ2n) is 7.59. The minimum absolute atomic E-state index is 0.0134. The van der Waals surface area contributed by atoms with Gasteiger partial charge in [-0.3, -0.25) is 4.79 Å². The maximum absolute atomic E-state index is 12.1. The fourth-order valence-electron chi connectivity index (χ4n) is 4.62. The van der Waals surface area contributed by atoms with Crippen LogP contribution in [0, 0.1) is 0 Å². The van der Waals surface area contributed by atoms with Crippen LogP contribution < -0.4 is 18.9 Å². The normalized spacial score (nSPS) is 20.2. The van der Waals surface area contributed by atoms with Crippen LogP contribution in [0.3, 0.4) is 0 Å². The highest BCUT2D eigenvalue weighted by Crippen LogP contribution is 2.49. The number of nitrogens with zero attached hydrogens (tertiary/aromatic N) is 1. The van der Waals surface area contributed by atoms with E-state index in [9.17, 15) is 4.79 Å². The molecule has 142 valence electrons. The number of carbonyl (C=O) groups is 1. The molecule has 4 aliphatic heterocycles. The third kappa shape index (κ3) is 2.24. The van der Waals surface area contributed by atoms with Gasteiger partial charge in [0.25, 0.3) is 0 Å². The maximum Gasteiger partial charge on any atom is 0.231 e. The monoisotopic (exact) mass is 377 g/mol. The molecular formula is C22H19NO5. The minimum atomic E-state index is -0.0134. The molecule has 6 nitrogen and oxygen atoms in total. The van der Waals surface area contributed by atoms with Crippen molar-refractivity contribution in [2.24, 2.45) is 0 Å². The molecule has 6 heteroatoms. The Kier molecular flexibility index (Phi) is 3.21. The van der Waals surface area contributed by atoms with E-state index < -0.39 is 0 Å². The number of carbonyl (C=O) groups excluding carboxylic acids is 1. The first kappa shape index (κ1) is 15.9. The van der Waals surface area contributed by atoms with E-state index in [1.54, 1.807) is 6.92 Å². The fraction of sp³-hybridized carbons (Fsp3) is 0.318. The van der Waals surface area contributed by atoms with Gasteiger partial charge in [0.15, 0.2) is 23.0 Å². The van der Waals surface area contributed by atoms with E-state index >= 15 is 0 Å². The van der Waals surface area contributed by atoms with Crippen LogP contribution >= 0.6 is 0 Å². The number of hydrogen-bond donors (Lipinski definition) is 0. The molecule has 28 heavy (non-hydrogen) atoms. The van der Waals surface area contributed by atoms with Crippen molar-refractivity contribution in [2.75, 3.05) is 20.1 Å². The molecular weight excluding hydrogens is 358 g/mol.